The quantitative estimate of drug-likeness (QED) is 0.766. The molecule has 3 aromatic rings. The molecule has 0 unspecified atom stereocenters. The van der Waals surface area contributed by atoms with Crippen LogP contribution >= 0.6 is 0 Å². The lowest BCUT2D eigenvalue weighted by Crippen LogP contribution is -2.32. The number of para-hydroxylation sites is 1. The lowest BCUT2D eigenvalue weighted by atomic mass is 9.96. The molecule has 1 amide bonds. The first kappa shape index (κ1) is 15.4. The van der Waals surface area contributed by atoms with E-state index in [1.165, 1.54) is 0 Å². The van der Waals surface area contributed by atoms with E-state index in [-0.39, 0.29) is 5.56 Å². The van der Waals surface area contributed by atoms with E-state index in [1.807, 2.05) is 30.3 Å². The van der Waals surface area contributed by atoms with Gasteiger partial charge in [0, 0.05) is 17.8 Å². The van der Waals surface area contributed by atoms with Crippen molar-refractivity contribution in [2.75, 3.05) is 11.4 Å². The zero-order valence-corrected chi connectivity index (χ0v) is 13.7. The Morgan fingerprint density at radius 1 is 1.20 bits per heavy atom. The molecule has 1 aromatic heterocycles. The van der Waals surface area contributed by atoms with Crippen molar-refractivity contribution in [3.63, 3.8) is 0 Å². The predicted octanol–water partition coefficient (Wildman–Crippen LogP) is 1.97. The minimum Gasteiger partial charge on any atom is -0.366 e. The van der Waals surface area contributed by atoms with Crippen LogP contribution in [0.25, 0.3) is 10.9 Å². The van der Waals surface area contributed by atoms with Gasteiger partial charge in [-0.2, -0.15) is 0 Å². The zero-order valence-electron chi connectivity index (χ0n) is 13.7. The molecule has 0 atom stereocenters. The molecular formula is C19H18N4O2. The fraction of sp³-hybridized carbons (Fsp3) is 0.211. The minimum absolute atomic E-state index is 0.135. The Kier molecular flexibility index (Phi) is 3.72. The van der Waals surface area contributed by atoms with Crippen molar-refractivity contribution < 1.29 is 4.79 Å². The molecule has 1 aliphatic rings. The number of primary amides is 1. The molecule has 0 fully saturated rings. The number of nitrogens with one attached hydrogen (secondary N) is 1. The van der Waals surface area contributed by atoms with Crippen molar-refractivity contribution >= 4 is 22.5 Å². The molecule has 2 heterocycles. The second-order valence-corrected chi connectivity index (χ2v) is 6.22. The summed E-state index contributed by atoms with van der Waals surface area (Å²) in [6.07, 6.45) is 1.75. The maximum Gasteiger partial charge on any atom is 0.258 e. The van der Waals surface area contributed by atoms with Crippen molar-refractivity contribution in [1.82, 2.24) is 9.97 Å². The first-order valence-corrected chi connectivity index (χ1v) is 8.28. The van der Waals surface area contributed by atoms with Crippen LogP contribution in [0.5, 0.6) is 0 Å². The summed E-state index contributed by atoms with van der Waals surface area (Å²) in [7, 11) is 0. The third-order valence-electron chi connectivity index (χ3n) is 4.61. The van der Waals surface area contributed by atoms with E-state index in [2.05, 4.69) is 14.9 Å². The normalized spacial score (nSPS) is 13.7. The molecule has 126 valence electrons. The highest BCUT2D eigenvalue weighted by Crippen LogP contribution is 2.30. The van der Waals surface area contributed by atoms with Crippen LogP contribution in [0.2, 0.25) is 0 Å². The fourth-order valence-electron chi connectivity index (χ4n) is 3.49. The van der Waals surface area contributed by atoms with Crippen LogP contribution < -0.4 is 16.2 Å². The highest BCUT2D eigenvalue weighted by molar-refractivity contribution is 5.96. The van der Waals surface area contributed by atoms with Crippen LogP contribution in [-0.2, 0) is 13.0 Å². The van der Waals surface area contributed by atoms with Crippen molar-refractivity contribution in [2.24, 2.45) is 5.73 Å². The van der Waals surface area contributed by atoms with Gasteiger partial charge in [0.25, 0.3) is 5.56 Å². The molecule has 6 nitrogen and oxygen atoms in total. The standard InChI is InChI=1S/C19H18N4O2/c20-18(24)13-6-3-9-16-12(13)7-4-10-23(16)11-17-21-15-8-2-1-5-14(15)19(25)22-17/h1-3,5-6,8-9H,4,7,10-11H2,(H2,20,24)(H,21,22,25). The minimum atomic E-state index is -0.407. The van der Waals surface area contributed by atoms with E-state index in [0.717, 1.165) is 30.6 Å². The molecule has 2 aromatic carbocycles. The predicted molar refractivity (Wildman–Crippen MR) is 96.7 cm³/mol. The number of amides is 1. The Bertz CT molecular complexity index is 1030. The number of anilines is 1. The Balaban J connectivity index is 1.73. The number of H-pyrrole nitrogens is 1. The number of aromatic nitrogens is 2. The van der Waals surface area contributed by atoms with Crippen LogP contribution in [0.1, 0.15) is 28.2 Å². The summed E-state index contributed by atoms with van der Waals surface area (Å²) in [5, 5.41) is 0.585. The van der Waals surface area contributed by atoms with E-state index >= 15 is 0 Å². The van der Waals surface area contributed by atoms with Gasteiger partial charge in [-0.3, -0.25) is 9.59 Å². The van der Waals surface area contributed by atoms with Crippen molar-refractivity contribution in [3.05, 3.63) is 69.8 Å². The average Bonchev–Trinajstić information content (AvgIpc) is 2.61. The zero-order chi connectivity index (χ0) is 17.4. The number of carbonyl (C=O) groups is 1. The van der Waals surface area contributed by atoms with Crippen LogP contribution in [0, 0.1) is 0 Å². The van der Waals surface area contributed by atoms with Gasteiger partial charge in [0.15, 0.2) is 0 Å². The molecule has 1 aliphatic heterocycles. The summed E-state index contributed by atoms with van der Waals surface area (Å²) in [6, 6.07) is 12.9. The third kappa shape index (κ3) is 2.76. The lowest BCUT2D eigenvalue weighted by molar-refractivity contribution is 0.0999. The Hall–Kier alpha value is -3.15. The molecule has 4 rings (SSSR count). The molecular weight excluding hydrogens is 316 g/mol. The van der Waals surface area contributed by atoms with Crippen LogP contribution in [0.3, 0.4) is 0 Å². The van der Waals surface area contributed by atoms with Gasteiger partial charge >= 0.3 is 0 Å². The second kappa shape index (κ2) is 6.05. The van der Waals surface area contributed by atoms with Crippen molar-refractivity contribution in [2.45, 2.75) is 19.4 Å². The lowest BCUT2D eigenvalue weighted by Gasteiger charge is -2.31. The number of hydrogen-bond donors (Lipinski definition) is 2. The first-order chi connectivity index (χ1) is 12.1. The highest BCUT2D eigenvalue weighted by atomic mass is 16.1. The van der Waals surface area contributed by atoms with Crippen LogP contribution in [0.4, 0.5) is 5.69 Å². The second-order valence-electron chi connectivity index (χ2n) is 6.22. The Morgan fingerprint density at radius 2 is 2.04 bits per heavy atom. The Morgan fingerprint density at radius 3 is 2.88 bits per heavy atom. The number of carbonyl (C=O) groups excluding carboxylic acids is 1. The molecule has 0 spiro atoms. The molecule has 0 aliphatic carbocycles. The molecule has 0 bridgehead atoms. The molecule has 0 saturated carbocycles. The van der Waals surface area contributed by atoms with E-state index in [0.29, 0.717) is 28.8 Å². The molecule has 6 heteroatoms. The third-order valence-corrected chi connectivity index (χ3v) is 4.61. The maximum atomic E-state index is 12.3. The summed E-state index contributed by atoms with van der Waals surface area (Å²) in [5.41, 5.74) is 8.58. The monoisotopic (exact) mass is 334 g/mol. The topological polar surface area (TPSA) is 92.1 Å². The van der Waals surface area contributed by atoms with Crippen molar-refractivity contribution in [1.29, 1.82) is 0 Å². The largest absolute Gasteiger partial charge is 0.366 e. The molecule has 0 radical (unpaired) electrons. The first-order valence-electron chi connectivity index (χ1n) is 8.28. The number of hydrogen-bond acceptors (Lipinski definition) is 4. The number of aromatic amines is 1. The van der Waals surface area contributed by atoms with Gasteiger partial charge in [0.2, 0.25) is 5.91 Å². The van der Waals surface area contributed by atoms with E-state index in [4.69, 9.17) is 5.73 Å². The van der Waals surface area contributed by atoms with Gasteiger partial charge < -0.3 is 15.6 Å². The molecule has 25 heavy (non-hydrogen) atoms. The number of rotatable bonds is 3. The molecule has 0 saturated heterocycles. The number of nitrogens with two attached hydrogens (primary N) is 1. The number of benzene rings is 2. The summed E-state index contributed by atoms with van der Waals surface area (Å²) < 4.78 is 0. The summed E-state index contributed by atoms with van der Waals surface area (Å²) in [4.78, 5) is 33.5. The molecule has 3 N–H and O–H groups in total. The van der Waals surface area contributed by atoms with Gasteiger partial charge in [-0.25, -0.2) is 4.98 Å². The van der Waals surface area contributed by atoms with Crippen LogP contribution in [-0.4, -0.2) is 22.4 Å². The summed E-state index contributed by atoms with van der Waals surface area (Å²) in [5.74, 6) is 0.206. The van der Waals surface area contributed by atoms with E-state index < -0.39 is 5.91 Å². The highest BCUT2D eigenvalue weighted by Gasteiger charge is 2.22. The van der Waals surface area contributed by atoms with E-state index in [1.54, 1.807) is 12.1 Å². The van der Waals surface area contributed by atoms with Gasteiger partial charge in [-0.1, -0.05) is 18.2 Å². The van der Waals surface area contributed by atoms with Gasteiger partial charge in [0.05, 0.1) is 17.4 Å². The summed E-state index contributed by atoms with van der Waals surface area (Å²) in [6.45, 7) is 1.32. The fourth-order valence-corrected chi connectivity index (χ4v) is 3.49. The van der Waals surface area contributed by atoms with Crippen molar-refractivity contribution in [3.8, 4) is 0 Å². The van der Waals surface area contributed by atoms with Gasteiger partial charge in [-0.05, 0) is 42.7 Å². The average molecular weight is 334 g/mol. The summed E-state index contributed by atoms with van der Waals surface area (Å²) >= 11 is 0. The maximum absolute atomic E-state index is 12.3. The smallest absolute Gasteiger partial charge is 0.258 e. The van der Waals surface area contributed by atoms with Crippen LogP contribution in [0.15, 0.2) is 47.3 Å². The number of nitrogens with zero attached hydrogens (tertiary/aromatic N) is 2. The van der Waals surface area contributed by atoms with E-state index in [9.17, 15) is 9.59 Å². The van der Waals surface area contributed by atoms with Gasteiger partial charge in [0.1, 0.15) is 5.82 Å². The Labute approximate surface area is 144 Å². The van der Waals surface area contributed by atoms with Gasteiger partial charge in [-0.15, -0.1) is 0 Å². The SMILES string of the molecule is NC(=O)c1cccc2c1CCCN2Cc1nc2ccccc2c(=O)[nH]1. The number of fused-ring (bicyclic) bond motifs is 2.